The molecule has 0 bridgehead atoms. The first-order chi connectivity index (χ1) is 8.10. The molecule has 0 aliphatic heterocycles. The van der Waals surface area contributed by atoms with Crippen LogP contribution in [0.15, 0.2) is 29.3 Å². The topological polar surface area (TPSA) is 50.1 Å². The summed E-state index contributed by atoms with van der Waals surface area (Å²) < 4.78 is 19.3. The van der Waals surface area contributed by atoms with Gasteiger partial charge in [0.15, 0.2) is 5.78 Å². The molecule has 5 heteroatoms. The fourth-order valence-corrected chi connectivity index (χ4v) is 1.65. The SMILES string of the molecule is C=CCOc1cc(Br)cc(F)c1C(=O)CC#N. The Labute approximate surface area is 107 Å². The van der Waals surface area contributed by atoms with E-state index in [1.807, 2.05) is 0 Å². The van der Waals surface area contributed by atoms with Crippen LogP contribution in [-0.2, 0) is 0 Å². The van der Waals surface area contributed by atoms with E-state index in [-0.39, 0.29) is 24.3 Å². The van der Waals surface area contributed by atoms with Gasteiger partial charge in [0.05, 0.1) is 18.1 Å². The number of nitrogens with zero attached hydrogens (tertiary/aromatic N) is 1. The Kier molecular flexibility index (Phi) is 4.85. The van der Waals surface area contributed by atoms with Crippen molar-refractivity contribution in [2.45, 2.75) is 6.42 Å². The third kappa shape index (κ3) is 3.40. The molecule has 0 aliphatic carbocycles. The molecule has 0 saturated carbocycles. The van der Waals surface area contributed by atoms with Gasteiger partial charge in [0.25, 0.3) is 0 Å². The van der Waals surface area contributed by atoms with E-state index < -0.39 is 11.6 Å². The van der Waals surface area contributed by atoms with Crippen LogP contribution in [0.2, 0.25) is 0 Å². The lowest BCUT2D eigenvalue weighted by atomic mass is 10.1. The van der Waals surface area contributed by atoms with Gasteiger partial charge >= 0.3 is 0 Å². The first kappa shape index (κ1) is 13.4. The van der Waals surface area contributed by atoms with E-state index in [1.54, 1.807) is 6.07 Å². The molecule has 0 atom stereocenters. The molecule has 0 aromatic heterocycles. The lowest BCUT2D eigenvalue weighted by molar-refractivity contribution is 0.0990. The Morgan fingerprint density at radius 1 is 1.65 bits per heavy atom. The first-order valence-corrected chi connectivity index (χ1v) is 5.52. The highest BCUT2D eigenvalue weighted by Crippen LogP contribution is 2.28. The number of Topliss-reactive ketones (excluding diaryl/α,β-unsaturated/α-hetero) is 1. The normalized spacial score (nSPS) is 9.47. The first-order valence-electron chi connectivity index (χ1n) is 4.73. The number of rotatable bonds is 5. The zero-order valence-electron chi connectivity index (χ0n) is 8.87. The van der Waals surface area contributed by atoms with Gasteiger partial charge in [0, 0.05) is 4.47 Å². The van der Waals surface area contributed by atoms with Gasteiger partial charge in [-0.25, -0.2) is 4.39 Å². The van der Waals surface area contributed by atoms with Crippen LogP contribution < -0.4 is 4.74 Å². The predicted molar refractivity (Wildman–Crippen MR) is 64.4 cm³/mol. The van der Waals surface area contributed by atoms with Crippen molar-refractivity contribution in [2.75, 3.05) is 6.61 Å². The monoisotopic (exact) mass is 297 g/mol. The summed E-state index contributed by atoms with van der Waals surface area (Å²) in [5.41, 5.74) is -0.198. The maximum atomic E-state index is 13.6. The molecular weight excluding hydrogens is 289 g/mol. The number of hydrogen-bond donors (Lipinski definition) is 0. The van der Waals surface area contributed by atoms with Crippen LogP contribution in [0.3, 0.4) is 0 Å². The Bertz CT molecular complexity index is 494. The molecule has 0 aliphatic rings. The summed E-state index contributed by atoms with van der Waals surface area (Å²) in [5.74, 6) is -1.20. The minimum Gasteiger partial charge on any atom is -0.489 e. The smallest absolute Gasteiger partial charge is 0.183 e. The molecule has 0 unspecified atom stereocenters. The molecule has 17 heavy (non-hydrogen) atoms. The second-order valence-corrected chi connectivity index (χ2v) is 4.03. The summed E-state index contributed by atoms with van der Waals surface area (Å²) in [6.45, 7) is 3.62. The maximum Gasteiger partial charge on any atom is 0.183 e. The van der Waals surface area contributed by atoms with E-state index in [4.69, 9.17) is 10.00 Å². The van der Waals surface area contributed by atoms with E-state index >= 15 is 0 Å². The average molecular weight is 298 g/mol. The van der Waals surface area contributed by atoms with Crippen LogP contribution in [0.4, 0.5) is 4.39 Å². The number of ketones is 1. The van der Waals surface area contributed by atoms with Crippen molar-refractivity contribution in [1.29, 1.82) is 5.26 Å². The van der Waals surface area contributed by atoms with Crippen LogP contribution in [-0.4, -0.2) is 12.4 Å². The molecule has 88 valence electrons. The van der Waals surface area contributed by atoms with Crippen molar-refractivity contribution in [2.24, 2.45) is 0 Å². The summed E-state index contributed by atoms with van der Waals surface area (Å²) in [4.78, 5) is 11.6. The standard InChI is InChI=1S/C12H9BrFNO2/c1-2-5-17-11-7-8(13)6-9(14)12(11)10(16)3-4-15/h2,6-7H,1,3,5H2. The summed E-state index contributed by atoms with van der Waals surface area (Å²) in [6, 6.07) is 4.33. The van der Waals surface area contributed by atoms with Crippen LogP contribution in [0.25, 0.3) is 0 Å². The summed E-state index contributed by atoms with van der Waals surface area (Å²) in [6.07, 6.45) is 1.10. The predicted octanol–water partition coefficient (Wildman–Crippen LogP) is 3.25. The summed E-state index contributed by atoms with van der Waals surface area (Å²) in [7, 11) is 0. The molecule has 1 aromatic rings. The van der Waals surface area contributed by atoms with E-state index in [0.717, 1.165) is 6.07 Å². The second kappa shape index (κ2) is 6.16. The number of ether oxygens (including phenoxy) is 1. The van der Waals surface area contributed by atoms with Gasteiger partial charge in [-0.15, -0.1) is 0 Å². The quantitative estimate of drug-likeness (QED) is 0.619. The molecule has 1 aromatic carbocycles. The molecule has 0 amide bonds. The molecule has 1 rings (SSSR count). The largest absolute Gasteiger partial charge is 0.489 e. The summed E-state index contributed by atoms with van der Waals surface area (Å²) >= 11 is 3.11. The van der Waals surface area contributed by atoms with E-state index in [0.29, 0.717) is 4.47 Å². The number of hydrogen-bond acceptors (Lipinski definition) is 3. The van der Waals surface area contributed by atoms with E-state index in [9.17, 15) is 9.18 Å². The van der Waals surface area contributed by atoms with Gasteiger partial charge in [-0.3, -0.25) is 4.79 Å². The molecule has 0 fully saturated rings. The number of carbonyl (C=O) groups excluding carboxylic acids is 1. The van der Waals surface area contributed by atoms with E-state index in [2.05, 4.69) is 22.5 Å². The second-order valence-electron chi connectivity index (χ2n) is 3.12. The third-order valence-corrected chi connectivity index (χ3v) is 2.35. The molecule has 0 spiro atoms. The highest BCUT2D eigenvalue weighted by Gasteiger charge is 2.18. The highest BCUT2D eigenvalue weighted by molar-refractivity contribution is 9.10. The van der Waals surface area contributed by atoms with Gasteiger partial charge in [-0.2, -0.15) is 5.26 Å². The Morgan fingerprint density at radius 3 is 2.94 bits per heavy atom. The van der Waals surface area contributed by atoms with Crippen molar-refractivity contribution in [1.82, 2.24) is 0 Å². The van der Waals surface area contributed by atoms with Crippen molar-refractivity contribution in [3.63, 3.8) is 0 Å². The minimum absolute atomic E-state index is 0.108. The van der Waals surface area contributed by atoms with Crippen molar-refractivity contribution in [3.05, 3.63) is 40.6 Å². The van der Waals surface area contributed by atoms with Crippen LogP contribution in [0.1, 0.15) is 16.8 Å². The fourth-order valence-electron chi connectivity index (χ4n) is 1.24. The molecule has 0 heterocycles. The number of carbonyl (C=O) groups is 1. The Hall–Kier alpha value is -1.67. The average Bonchev–Trinajstić information content (AvgIpc) is 2.25. The van der Waals surface area contributed by atoms with E-state index in [1.165, 1.54) is 12.1 Å². The Morgan fingerprint density at radius 2 is 2.35 bits per heavy atom. The van der Waals surface area contributed by atoms with Crippen LogP contribution in [0, 0.1) is 17.1 Å². The lowest BCUT2D eigenvalue weighted by Crippen LogP contribution is -2.06. The zero-order chi connectivity index (χ0) is 12.8. The van der Waals surface area contributed by atoms with Gasteiger partial charge in [-0.05, 0) is 12.1 Å². The number of nitriles is 1. The molecule has 0 radical (unpaired) electrons. The van der Waals surface area contributed by atoms with Gasteiger partial charge < -0.3 is 4.74 Å². The summed E-state index contributed by atoms with van der Waals surface area (Å²) in [5, 5.41) is 8.45. The van der Waals surface area contributed by atoms with Gasteiger partial charge in [0.2, 0.25) is 0 Å². The van der Waals surface area contributed by atoms with Crippen molar-refractivity contribution < 1.29 is 13.9 Å². The lowest BCUT2D eigenvalue weighted by Gasteiger charge is -2.10. The Balaban J connectivity index is 3.20. The molecule has 0 N–H and O–H groups in total. The maximum absolute atomic E-state index is 13.6. The van der Waals surface area contributed by atoms with Crippen molar-refractivity contribution in [3.8, 4) is 11.8 Å². The zero-order valence-corrected chi connectivity index (χ0v) is 10.5. The van der Waals surface area contributed by atoms with Crippen molar-refractivity contribution >= 4 is 21.7 Å². The van der Waals surface area contributed by atoms with Crippen LogP contribution in [0.5, 0.6) is 5.75 Å². The molecule has 0 saturated heterocycles. The molecule has 3 nitrogen and oxygen atoms in total. The van der Waals surface area contributed by atoms with Crippen LogP contribution >= 0.6 is 15.9 Å². The number of halogens is 2. The highest BCUT2D eigenvalue weighted by atomic mass is 79.9. The van der Waals surface area contributed by atoms with Gasteiger partial charge in [-0.1, -0.05) is 28.6 Å². The molecular formula is C12H9BrFNO2. The third-order valence-electron chi connectivity index (χ3n) is 1.89. The fraction of sp³-hybridized carbons (Fsp3) is 0.167. The van der Waals surface area contributed by atoms with Gasteiger partial charge in [0.1, 0.15) is 18.2 Å². The number of benzene rings is 1. The minimum atomic E-state index is -0.710.